The van der Waals surface area contributed by atoms with Crippen LogP contribution in [0.25, 0.3) is 0 Å². The highest BCUT2D eigenvalue weighted by Gasteiger charge is 2.47. The van der Waals surface area contributed by atoms with Crippen LogP contribution in [-0.4, -0.2) is 30.1 Å². The van der Waals surface area contributed by atoms with Crippen molar-refractivity contribution in [3.05, 3.63) is 35.8 Å². The van der Waals surface area contributed by atoms with E-state index < -0.39 is 0 Å². The third kappa shape index (κ3) is 2.95. The minimum absolute atomic E-state index is 0.0368. The first-order valence-corrected chi connectivity index (χ1v) is 8.27. The molecule has 2 aliphatic rings. The molecule has 1 aromatic rings. The first kappa shape index (κ1) is 15.6. The summed E-state index contributed by atoms with van der Waals surface area (Å²) in [4.78, 5) is 14.4. The van der Waals surface area contributed by atoms with Crippen molar-refractivity contribution in [2.24, 2.45) is 5.41 Å². The second-order valence-corrected chi connectivity index (χ2v) is 6.63. The molecule has 0 bridgehead atoms. The zero-order chi connectivity index (χ0) is 15.6. The molecule has 1 atom stereocenters. The maximum absolute atomic E-state index is 12.4. The molecule has 1 saturated carbocycles. The Labute approximate surface area is 136 Å². The molecule has 0 N–H and O–H groups in total. The van der Waals surface area contributed by atoms with Crippen LogP contribution in [-0.2, 0) is 16.1 Å². The number of nitrogens with zero attached hydrogens (tertiary/aromatic N) is 1. The van der Waals surface area contributed by atoms with Crippen molar-refractivity contribution in [3.8, 4) is 0 Å². The third-order valence-electron chi connectivity index (χ3n) is 5.14. The van der Waals surface area contributed by atoms with Gasteiger partial charge in [0, 0.05) is 19.3 Å². The van der Waals surface area contributed by atoms with E-state index in [1.54, 1.807) is 6.07 Å². The summed E-state index contributed by atoms with van der Waals surface area (Å²) < 4.78 is 11.0. The van der Waals surface area contributed by atoms with Gasteiger partial charge in [0.25, 0.3) is 0 Å². The summed E-state index contributed by atoms with van der Waals surface area (Å²) in [5, 5.41) is 0.355. The summed E-state index contributed by atoms with van der Waals surface area (Å²) in [6, 6.07) is 3.77. The standard InChI is InChI=1S/C17H22ClNO3/c1-2-16(20)19(12-13-5-6-15(18)22-13)14-4-3-7-17(14)8-10-21-11-9-17/h2,5-6,14H,1,3-4,7-12H2. The Kier molecular flexibility index (Phi) is 4.59. The SMILES string of the molecule is C=CC(=O)N(Cc1ccc(Cl)o1)C1CCCC12CCOCC2. The lowest BCUT2D eigenvalue weighted by atomic mass is 9.75. The summed E-state index contributed by atoms with van der Waals surface area (Å²) >= 11 is 5.85. The second-order valence-electron chi connectivity index (χ2n) is 6.26. The maximum Gasteiger partial charge on any atom is 0.246 e. The van der Waals surface area contributed by atoms with Crippen LogP contribution >= 0.6 is 11.6 Å². The minimum Gasteiger partial charge on any atom is -0.448 e. The van der Waals surface area contributed by atoms with Gasteiger partial charge in [-0.05, 0) is 60.9 Å². The minimum atomic E-state index is -0.0368. The number of hydrogen-bond acceptors (Lipinski definition) is 3. The zero-order valence-corrected chi connectivity index (χ0v) is 13.5. The molecule has 22 heavy (non-hydrogen) atoms. The Morgan fingerprint density at radius 2 is 2.18 bits per heavy atom. The van der Waals surface area contributed by atoms with Crippen LogP contribution in [0.3, 0.4) is 0 Å². The number of rotatable bonds is 4. The lowest BCUT2D eigenvalue weighted by Gasteiger charge is -2.43. The van der Waals surface area contributed by atoms with Crippen LogP contribution in [0, 0.1) is 5.41 Å². The summed E-state index contributed by atoms with van der Waals surface area (Å²) in [5.41, 5.74) is 0.188. The van der Waals surface area contributed by atoms with Crippen LogP contribution in [0.2, 0.25) is 5.22 Å². The van der Waals surface area contributed by atoms with E-state index in [1.165, 1.54) is 12.5 Å². The molecule has 1 aliphatic heterocycles. The van der Waals surface area contributed by atoms with Crippen LogP contribution < -0.4 is 0 Å². The molecule has 0 radical (unpaired) electrons. The molecule has 2 fully saturated rings. The fraction of sp³-hybridized carbons (Fsp3) is 0.588. The summed E-state index contributed by atoms with van der Waals surface area (Å²) in [7, 11) is 0. The highest BCUT2D eigenvalue weighted by atomic mass is 35.5. The van der Waals surface area contributed by atoms with Gasteiger partial charge in [0.1, 0.15) is 5.76 Å². The lowest BCUT2D eigenvalue weighted by Crippen LogP contribution is -2.49. The van der Waals surface area contributed by atoms with Crippen LogP contribution in [0.1, 0.15) is 37.9 Å². The van der Waals surface area contributed by atoms with Gasteiger partial charge in [0.05, 0.1) is 6.54 Å². The Morgan fingerprint density at radius 3 is 2.82 bits per heavy atom. The van der Waals surface area contributed by atoms with E-state index >= 15 is 0 Å². The molecule has 2 heterocycles. The molecule has 4 nitrogen and oxygen atoms in total. The van der Waals surface area contributed by atoms with Gasteiger partial charge in [-0.2, -0.15) is 0 Å². The number of hydrogen-bond donors (Lipinski definition) is 0. The Morgan fingerprint density at radius 1 is 1.41 bits per heavy atom. The van der Waals surface area contributed by atoms with E-state index in [9.17, 15) is 4.79 Å². The average molecular weight is 324 g/mol. The van der Waals surface area contributed by atoms with E-state index in [1.807, 2.05) is 11.0 Å². The highest BCUT2D eigenvalue weighted by Crippen LogP contribution is 2.48. The number of furan rings is 1. The fourth-order valence-corrected chi connectivity index (χ4v) is 4.19. The Hall–Kier alpha value is -1.26. The van der Waals surface area contributed by atoms with Crippen LogP contribution in [0.15, 0.2) is 29.2 Å². The second kappa shape index (κ2) is 6.47. The quantitative estimate of drug-likeness (QED) is 0.792. The van der Waals surface area contributed by atoms with Crippen LogP contribution in [0.4, 0.5) is 0 Å². The van der Waals surface area contributed by atoms with E-state index in [4.69, 9.17) is 20.8 Å². The molecule has 5 heteroatoms. The summed E-state index contributed by atoms with van der Waals surface area (Å²) in [6.07, 6.45) is 6.81. The summed E-state index contributed by atoms with van der Waals surface area (Å²) in [6.45, 7) is 5.69. The molecule has 1 saturated heterocycles. The smallest absolute Gasteiger partial charge is 0.246 e. The molecular weight excluding hydrogens is 302 g/mol. The summed E-state index contributed by atoms with van der Waals surface area (Å²) in [5.74, 6) is 0.680. The van der Waals surface area contributed by atoms with E-state index in [0.717, 1.165) is 38.9 Å². The van der Waals surface area contributed by atoms with Gasteiger partial charge in [-0.3, -0.25) is 4.79 Å². The van der Waals surface area contributed by atoms with Gasteiger partial charge >= 0.3 is 0 Å². The maximum atomic E-state index is 12.4. The zero-order valence-electron chi connectivity index (χ0n) is 12.7. The normalized spacial score (nSPS) is 23.6. The number of carbonyl (C=O) groups is 1. The first-order chi connectivity index (χ1) is 10.6. The predicted octanol–water partition coefficient (Wildman–Crippen LogP) is 3.80. The third-order valence-corrected chi connectivity index (χ3v) is 5.34. The molecule has 3 rings (SSSR count). The lowest BCUT2D eigenvalue weighted by molar-refractivity contribution is -0.133. The molecule has 1 aromatic heterocycles. The first-order valence-electron chi connectivity index (χ1n) is 7.90. The van der Waals surface area contributed by atoms with Gasteiger partial charge in [-0.25, -0.2) is 0 Å². The van der Waals surface area contributed by atoms with Gasteiger partial charge in [-0.1, -0.05) is 13.0 Å². The van der Waals surface area contributed by atoms with Crippen molar-refractivity contribution < 1.29 is 13.9 Å². The molecule has 120 valence electrons. The van der Waals surface area contributed by atoms with E-state index in [-0.39, 0.29) is 17.4 Å². The van der Waals surface area contributed by atoms with Crippen molar-refractivity contribution in [1.82, 2.24) is 4.90 Å². The van der Waals surface area contributed by atoms with Gasteiger partial charge in [0.2, 0.25) is 5.91 Å². The van der Waals surface area contributed by atoms with Crippen molar-refractivity contribution in [1.29, 1.82) is 0 Å². The Balaban J connectivity index is 1.84. The predicted molar refractivity (Wildman–Crippen MR) is 84.6 cm³/mol. The number of amides is 1. The number of halogens is 1. The molecule has 1 amide bonds. The number of carbonyl (C=O) groups excluding carboxylic acids is 1. The van der Waals surface area contributed by atoms with Crippen molar-refractivity contribution in [3.63, 3.8) is 0 Å². The molecule has 1 aliphatic carbocycles. The van der Waals surface area contributed by atoms with Gasteiger partial charge < -0.3 is 14.1 Å². The van der Waals surface area contributed by atoms with Gasteiger partial charge in [0.15, 0.2) is 5.22 Å². The van der Waals surface area contributed by atoms with E-state index in [2.05, 4.69) is 6.58 Å². The molecule has 1 spiro atoms. The van der Waals surface area contributed by atoms with Crippen molar-refractivity contribution >= 4 is 17.5 Å². The molecular formula is C17H22ClNO3. The average Bonchev–Trinajstić information content (AvgIpc) is 3.12. The van der Waals surface area contributed by atoms with Crippen molar-refractivity contribution in [2.45, 2.75) is 44.7 Å². The molecule has 1 unspecified atom stereocenters. The highest BCUT2D eigenvalue weighted by molar-refractivity contribution is 6.28. The topological polar surface area (TPSA) is 42.7 Å². The molecule has 0 aromatic carbocycles. The van der Waals surface area contributed by atoms with Crippen LogP contribution in [0.5, 0.6) is 0 Å². The van der Waals surface area contributed by atoms with E-state index in [0.29, 0.717) is 17.5 Å². The Bertz CT molecular complexity index is 548. The number of ether oxygens (including phenoxy) is 1. The fourth-order valence-electron chi connectivity index (χ4n) is 4.03. The monoisotopic (exact) mass is 323 g/mol. The largest absolute Gasteiger partial charge is 0.448 e. The van der Waals surface area contributed by atoms with Gasteiger partial charge in [-0.15, -0.1) is 0 Å². The van der Waals surface area contributed by atoms with Crippen molar-refractivity contribution in [2.75, 3.05) is 13.2 Å².